The number of benzene rings is 1. The third-order valence-electron chi connectivity index (χ3n) is 2.42. The van der Waals surface area contributed by atoms with E-state index in [2.05, 4.69) is 5.32 Å². The van der Waals surface area contributed by atoms with Gasteiger partial charge in [-0.1, -0.05) is 6.07 Å². The number of carbonyl (C=O) groups excluding carboxylic acids is 1. The summed E-state index contributed by atoms with van der Waals surface area (Å²) in [5.74, 6) is 0.686. The van der Waals surface area contributed by atoms with Gasteiger partial charge in [0.2, 0.25) is 0 Å². The number of furan rings is 1. The molecule has 0 bridgehead atoms. The third kappa shape index (κ3) is 2.47. The highest BCUT2D eigenvalue weighted by Crippen LogP contribution is 2.20. The first-order valence-electron chi connectivity index (χ1n) is 5.30. The molecule has 0 spiro atoms. The smallest absolute Gasteiger partial charge is 0.291 e. The summed E-state index contributed by atoms with van der Waals surface area (Å²) in [6.07, 6.45) is 0. The number of nitrogens with two attached hydrogens (primary N) is 1. The van der Waals surface area contributed by atoms with Gasteiger partial charge in [0.15, 0.2) is 5.76 Å². The Morgan fingerprint density at radius 2 is 2.00 bits per heavy atom. The first-order valence-corrected chi connectivity index (χ1v) is 5.30. The Morgan fingerprint density at radius 1 is 1.24 bits per heavy atom. The Balaban J connectivity index is 2.21. The van der Waals surface area contributed by atoms with E-state index in [0.717, 1.165) is 5.56 Å². The fourth-order valence-electron chi connectivity index (χ4n) is 1.52. The van der Waals surface area contributed by atoms with E-state index in [1.54, 1.807) is 25.1 Å². The van der Waals surface area contributed by atoms with Crippen molar-refractivity contribution in [2.24, 2.45) is 0 Å². The highest BCUT2D eigenvalue weighted by Gasteiger charge is 2.11. The summed E-state index contributed by atoms with van der Waals surface area (Å²) >= 11 is 0. The van der Waals surface area contributed by atoms with Crippen LogP contribution in [0.25, 0.3) is 0 Å². The fourth-order valence-corrected chi connectivity index (χ4v) is 1.52. The van der Waals surface area contributed by atoms with Crippen LogP contribution in [0.2, 0.25) is 0 Å². The number of carbonyl (C=O) groups is 1. The monoisotopic (exact) mass is 230 g/mol. The molecule has 1 amide bonds. The molecule has 0 atom stereocenters. The molecule has 88 valence electrons. The molecule has 2 aromatic rings. The SMILES string of the molecule is Cc1ccc(N)c(NC(=O)c2ccc(C)o2)c1. The van der Waals surface area contributed by atoms with Gasteiger partial charge in [-0.3, -0.25) is 4.79 Å². The Morgan fingerprint density at radius 3 is 2.65 bits per heavy atom. The lowest BCUT2D eigenvalue weighted by Crippen LogP contribution is -2.12. The van der Waals surface area contributed by atoms with Gasteiger partial charge in [-0.25, -0.2) is 0 Å². The van der Waals surface area contributed by atoms with Crippen molar-refractivity contribution in [3.05, 3.63) is 47.4 Å². The van der Waals surface area contributed by atoms with Crippen LogP contribution in [0.5, 0.6) is 0 Å². The molecule has 17 heavy (non-hydrogen) atoms. The van der Waals surface area contributed by atoms with E-state index in [-0.39, 0.29) is 11.7 Å². The molecule has 3 N–H and O–H groups in total. The van der Waals surface area contributed by atoms with Crippen molar-refractivity contribution in [1.82, 2.24) is 0 Å². The van der Waals surface area contributed by atoms with Crippen molar-refractivity contribution in [2.75, 3.05) is 11.1 Å². The van der Waals surface area contributed by atoms with E-state index in [4.69, 9.17) is 10.2 Å². The van der Waals surface area contributed by atoms with Gasteiger partial charge in [0.1, 0.15) is 5.76 Å². The Bertz CT molecular complexity index is 558. The molecule has 1 aromatic heterocycles. The van der Waals surface area contributed by atoms with Crippen LogP contribution in [-0.4, -0.2) is 5.91 Å². The Hall–Kier alpha value is -2.23. The normalized spacial score (nSPS) is 10.2. The minimum absolute atomic E-state index is 0.281. The molecular formula is C13H14N2O2. The number of nitrogen functional groups attached to an aromatic ring is 1. The zero-order valence-corrected chi connectivity index (χ0v) is 9.78. The van der Waals surface area contributed by atoms with Crippen LogP contribution in [0.4, 0.5) is 11.4 Å². The van der Waals surface area contributed by atoms with Crippen LogP contribution in [0.15, 0.2) is 34.7 Å². The molecule has 2 rings (SSSR count). The Labute approximate surface area is 99.4 Å². The lowest BCUT2D eigenvalue weighted by Gasteiger charge is -2.07. The highest BCUT2D eigenvalue weighted by atomic mass is 16.3. The standard InChI is InChI=1S/C13H14N2O2/c1-8-3-5-10(14)11(7-8)15-13(16)12-6-4-9(2)17-12/h3-7H,14H2,1-2H3,(H,15,16). The van der Waals surface area contributed by atoms with E-state index in [9.17, 15) is 4.79 Å². The van der Waals surface area contributed by atoms with Gasteiger partial charge in [0.25, 0.3) is 5.91 Å². The third-order valence-corrected chi connectivity index (χ3v) is 2.42. The van der Waals surface area contributed by atoms with Gasteiger partial charge in [0, 0.05) is 0 Å². The van der Waals surface area contributed by atoms with Gasteiger partial charge >= 0.3 is 0 Å². The maximum Gasteiger partial charge on any atom is 0.291 e. The molecule has 0 radical (unpaired) electrons. The number of hydrogen-bond acceptors (Lipinski definition) is 3. The minimum atomic E-state index is -0.296. The molecular weight excluding hydrogens is 216 g/mol. The van der Waals surface area contributed by atoms with Gasteiger partial charge in [0.05, 0.1) is 11.4 Å². The molecule has 0 saturated heterocycles. The second-order valence-electron chi connectivity index (χ2n) is 3.96. The van der Waals surface area contributed by atoms with E-state index >= 15 is 0 Å². The number of nitrogens with one attached hydrogen (secondary N) is 1. The van der Waals surface area contributed by atoms with Crippen LogP contribution in [-0.2, 0) is 0 Å². The molecule has 0 aliphatic rings. The molecule has 4 nitrogen and oxygen atoms in total. The average molecular weight is 230 g/mol. The summed E-state index contributed by atoms with van der Waals surface area (Å²) in [5.41, 5.74) is 7.94. The van der Waals surface area contributed by atoms with E-state index in [1.165, 1.54) is 0 Å². The predicted molar refractivity (Wildman–Crippen MR) is 67.0 cm³/mol. The molecule has 0 unspecified atom stereocenters. The quantitative estimate of drug-likeness (QED) is 0.779. The summed E-state index contributed by atoms with van der Waals surface area (Å²) in [4.78, 5) is 11.8. The van der Waals surface area contributed by atoms with Gasteiger partial charge in [-0.15, -0.1) is 0 Å². The predicted octanol–water partition coefficient (Wildman–Crippen LogP) is 2.73. The highest BCUT2D eigenvalue weighted by molar-refractivity contribution is 6.03. The second-order valence-corrected chi connectivity index (χ2v) is 3.96. The zero-order valence-electron chi connectivity index (χ0n) is 9.78. The summed E-state index contributed by atoms with van der Waals surface area (Å²) < 4.78 is 5.23. The van der Waals surface area contributed by atoms with Crippen LogP contribution >= 0.6 is 0 Å². The summed E-state index contributed by atoms with van der Waals surface area (Å²) in [6.45, 7) is 3.73. The number of rotatable bonds is 2. The maximum atomic E-state index is 11.8. The average Bonchev–Trinajstić information content (AvgIpc) is 2.70. The number of aryl methyl sites for hydroxylation is 2. The number of hydrogen-bond donors (Lipinski definition) is 2. The van der Waals surface area contributed by atoms with Crippen molar-refractivity contribution >= 4 is 17.3 Å². The van der Waals surface area contributed by atoms with Crippen LogP contribution in [0, 0.1) is 13.8 Å². The van der Waals surface area contributed by atoms with E-state index in [1.807, 2.05) is 19.1 Å². The number of anilines is 2. The second kappa shape index (κ2) is 4.33. The van der Waals surface area contributed by atoms with Crippen molar-refractivity contribution in [3.63, 3.8) is 0 Å². The van der Waals surface area contributed by atoms with Crippen LogP contribution < -0.4 is 11.1 Å². The zero-order chi connectivity index (χ0) is 12.4. The van der Waals surface area contributed by atoms with Crippen LogP contribution in [0.3, 0.4) is 0 Å². The van der Waals surface area contributed by atoms with E-state index in [0.29, 0.717) is 17.1 Å². The summed E-state index contributed by atoms with van der Waals surface area (Å²) in [7, 11) is 0. The van der Waals surface area contributed by atoms with Crippen molar-refractivity contribution in [3.8, 4) is 0 Å². The van der Waals surface area contributed by atoms with Crippen molar-refractivity contribution < 1.29 is 9.21 Å². The maximum absolute atomic E-state index is 11.8. The molecule has 1 aromatic carbocycles. The first kappa shape index (κ1) is 11.3. The van der Waals surface area contributed by atoms with Gasteiger partial charge in [-0.2, -0.15) is 0 Å². The largest absolute Gasteiger partial charge is 0.456 e. The fraction of sp³-hybridized carbons (Fsp3) is 0.154. The van der Waals surface area contributed by atoms with Crippen LogP contribution in [0.1, 0.15) is 21.9 Å². The minimum Gasteiger partial charge on any atom is -0.456 e. The molecule has 0 aliphatic heterocycles. The topological polar surface area (TPSA) is 68.3 Å². The summed E-state index contributed by atoms with van der Waals surface area (Å²) in [6, 6.07) is 8.86. The Kier molecular flexibility index (Phi) is 2.87. The molecule has 0 saturated carbocycles. The van der Waals surface area contributed by atoms with Gasteiger partial charge in [-0.05, 0) is 43.7 Å². The van der Waals surface area contributed by atoms with Gasteiger partial charge < -0.3 is 15.5 Å². The van der Waals surface area contributed by atoms with E-state index < -0.39 is 0 Å². The molecule has 0 aliphatic carbocycles. The van der Waals surface area contributed by atoms with Crippen molar-refractivity contribution in [2.45, 2.75) is 13.8 Å². The summed E-state index contributed by atoms with van der Waals surface area (Å²) in [5, 5.41) is 2.72. The van der Waals surface area contributed by atoms with Crippen molar-refractivity contribution in [1.29, 1.82) is 0 Å². The lowest BCUT2D eigenvalue weighted by atomic mass is 10.2. The number of amides is 1. The molecule has 4 heteroatoms. The lowest BCUT2D eigenvalue weighted by molar-refractivity contribution is 0.0995. The molecule has 0 fully saturated rings. The molecule has 1 heterocycles. The first-order chi connectivity index (χ1) is 8.06.